The Morgan fingerprint density at radius 3 is 2.31 bits per heavy atom. The molecule has 0 saturated carbocycles. The summed E-state index contributed by atoms with van der Waals surface area (Å²) in [6.07, 6.45) is 0. The number of halogens is 1. The Kier molecular flexibility index (Phi) is 4.85. The van der Waals surface area contributed by atoms with E-state index in [1.54, 1.807) is 26.2 Å². The number of esters is 1. The molecule has 0 aliphatic rings. The summed E-state index contributed by atoms with van der Waals surface area (Å²) in [5, 5.41) is 0. The van der Waals surface area contributed by atoms with E-state index in [9.17, 15) is 4.79 Å². The van der Waals surface area contributed by atoms with Gasteiger partial charge < -0.3 is 14.2 Å². The van der Waals surface area contributed by atoms with Crippen molar-refractivity contribution in [1.82, 2.24) is 0 Å². The van der Waals surface area contributed by atoms with Crippen molar-refractivity contribution in [2.75, 3.05) is 20.8 Å². The Bertz CT molecular complexity index is 390. The molecule has 88 valence electrons. The third-order valence-electron chi connectivity index (χ3n) is 1.97. The fourth-order valence-corrected chi connectivity index (χ4v) is 1.88. The second-order valence-electron chi connectivity index (χ2n) is 2.91. The maximum absolute atomic E-state index is 11.6. The van der Waals surface area contributed by atoms with E-state index in [0.717, 1.165) is 3.57 Å². The van der Waals surface area contributed by atoms with Gasteiger partial charge in [-0.05, 0) is 41.6 Å². The molecule has 0 N–H and O–H groups in total. The summed E-state index contributed by atoms with van der Waals surface area (Å²) in [5.41, 5.74) is 0.486. The van der Waals surface area contributed by atoms with Crippen LogP contribution in [0.1, 0.15) is 17.3 Å². The maximum atomic E-state index is 11.6. The fraction of sp³-hybridized carbons (Fsp3) is 0.364. The van der Waals surface area contributed by atoms with Crippen molar-refractivity contribution in [3.05, 3.63) is 21.3 Å². The molecule has 0 bridgehead atoms. The van der Waals surface area contributed by atoms with Gasteiger partial charge in [-0.3, -0.25) is 0 Å². The van der Waals surface area contributed by atoms with Gasteiger partial charge in [0.2, 0.25) is 0 Å². The van der Waals surface area contributed by atoms with Crippen LogP contribution in [0.25, 0.3) is 0 Å². The monoisotopic (exact) mass is 336 g/mol. The van der Waals surface area contributed by atoms with Crippen LogP contribution in [0.15, 0.2) is 12.1 Å². The number of methoxy groups -OCH3 is 2. The molecule has 4 nitrogen and oxygen atoms in total. The molecule has 0 heterocycles. The second-order valence-corrected chi connectivity index (χ2v) is 4.07. The molecule has 0 atom stereocenters. The Morgan fingerprint density at radius 1 is 1.25 bits per heavy atom. The third kappa shape index (κ3) is 2.78. The number of hydrogen-bond donors (Lipinski definition) is 0. The predicted octanol–water partition coefficient (Wildman–Crippen LogP) is 2.49. The van der Waals surface area contributed by atoms with E-state index in [1.165, 1.54) is 7.11 Å². The molecule has 0 amide bonds. The summed E-state index contributed by atoms with van der Waals surface area (Å²) in [6.45, 7) is 2.12. The van der Waals surface area contributed by atoms with E-state index in [2.05, 4.69) is 22.6 Å². The van der Waals surface area contributed by atoms with Gasteiger partial charge in [0.05, 0.1) is 26.4 Å². The van der Waals surface area contributed by atoms with E-state index in [1.807, 2.05) is 0 Å². The van der Waals surface area contributed by atoms with Crippen molar-refractivity contribution in [1.29, 1.82) is 0 Å². The van der Waals surface area contributed by atoms with Crippen LogP contribution in [0.3, 0.4) is 0 Å². The smallest absolute Gasteiger partial charge is 0.339 e. The largest absolute Gasteiger partial charge is 0.493 e. The standard InChI is InChI=1S/C11H13IO4/c1-4-16-11(13)7-5-9(14-2)10(15-3)6-8(7)12/h5-6H,4H2,1-3H3. The van der Waals surface area contributed by atoms with Crippen LogP contribution >= 0.6 is 22.6 Å². The average molecular weight is 336 g/mol. The van der Waals surface area contributed by atoms with E-state index in [-0.39, 0.29) is 5.97 Å². The van der Waals surface area contributed by atoms with Crippen molar-refractivity contribution in [2.45, 2.75) is 6.92 Å². The van der Waals surface area contributed by atoms with Crippen LogP contribution in [0.4, 0.5) is 0 Å². The lowest BCUT2D eigenvalue weighted by Gasteiger charge is -2.11. The van der Waals surface area contributed by atoms with Crippen molar-refractivity contribution >= 4 is 28.6 Å². The fourth-order valence-electron chi connectivity index (χ4n) is 1.22. The molecule has 5 heteroatoms. The van der Waals surface area contributed by atoms with Crippen LogP contribution in [0.2, 0.25) is 0 Å². The first kappa shape index (κ1) is 13.1. The lowest BCUT2D eigenvalue weighted by molar-refractivity contribution is 0.0524. The van der Waals surface area contributed by atoms with Gasteiger partial charge in [-0.15, -0.1) is 0 Å². The van der Waals surface area contributed by atoms with Gasteiger partial charge >= 0.3 is 5.97 Å². The highest BCUT2D eigenvalue weighted by molar-refractivity contribution is 14.1. The maximum Gasteiger partial charge on any atom is 0.339 e. The van der Waals surface area contributed by atoms with Gasteiger partial charge in [0, 0.05) is 3.57 Å². The Hall–Kier alpha value is -0.980. The van der Waals surface area contributed by atoms with Crippen LogP contribution in [-0.4, -0.2) is 26.8 Å². The summed E-state index contributed by atoms with van der Waals surface area (Å²) in [6, 6.07) is 3.37. The molecule has 0 fully saturated rings. The summed E-state index contributed by atoms with van der Waals surface area (Å²) < 4.78 is 16.0. The van der Waals surface area contributed by atoms with Gasteiger partial charge in [0.1, 0.15) is 0 Å². The molecule has 0 aromatic heterocycles. The molecular weight excluding hydrogens is 323 g/mol. The lowest BCUT2D eigenvalue weighted by atomic mass is 10.2. The minimum absolute atomic E-state index is 0.350. The highest BCUT2D eigenvalue weighted by atomic mass is 127. The van der Waals surface area contributed by atoms with Crippen molar-refractivity contribution < 1.29 is 19.0 Å². The zero-order valence-electron chi connectivity index (χ0n) is 9.37. The number of hydrogen-bond acceptors (Lipinski definition) is 4. The average Bonchev–Trinajstić information content (AvgIpc) is 2.28. The Labute approximate surface area is 108 Å². The molecule has 16 heavy (non-hydrogen) atoms. The predicted molar refractivity (Wildman–Crippen MR) is 68.2 cm³/mol. The molecule has 0 saturated heterocycles. The Morgan fingerprint density at radius 2 is 1.81 bits per heavy atom. The van der Waals surface area contributed by atoms with Crippen molar-refractivity contribution in [3.63, 3.8) is 0 Å². The van der Waals surface area contributed by atoms with Crippen LogP contribution in [-0.2, 0) is 4.74 Å². The van der Waals surface area contributed by atoms with Crippen LogP contribution in [0, 0.1) is 3.57 Å². The second kappa shape index (κ2) is 5.93. The van der Waals surface area contributed by atoms with Crippen molar-refractivity contribution in [2.24, 2.45) is 0 Å². The van der Waals surface area contributed by atoms with Crippen molar-refractivity contribution in [3.8, 4) is 11.5 Å². The molecule has 1 rings (SSSR count). The van der Waals surface area contributed by atoms with Gasteiger partial charge in [-0.1, -0.05) is 0 Å². The summed E-state index contributed by atoms with van der Waals surface area (Å²) in [5.74, 6) is 0.763. The molecule has 0 radical (unpaired) electrons. The first-order valence-electron chi connectivity index (χ1n) is 4.72. The number of carbonyl (C=O) groups is 1. The zero-order chi connectivity index (χ0) is 12.1. The SMILES string of the molecule is CCOC(=O)c1cc(OC)c(OC)cc1I. The van der Waals surface area contributed by atoms with Crippen LogP contribution < -0.4 is 9.47 Å². The highest BCUT2D eigenvalue weighted by Gasteiger charge is 2.15. The molecule has 1 aromatic carbocycles. The molecule has 0 aliphatic heterocycles. The van der Waals surface area contributed by atoms with Crippen LogP contribution in [0.5, 0.6) is 11.5 Å². The number of carbonyl (C=O) groups excluding carboxylic acids is 1. The van der Waals surface area contributed by atoms with E-state index in [4.69, 9.17) is 14.2 Å². The first-order valence-corrected chi connectivity index (χ1v) is 5.80. The molecule has 0 spiro atoms. The van der Waals surface area contributed by atoms with Gasteiger partial charge in [-0.2, -0.15) is 0 Å². The van der Waals surface area contributed by atoms with E-state index < -0.39 is 0 Å². The van der Waals surface area contributed by atoms with Gasteiger partial charge in [0.25, 0.3) is 0 Å². The third-order valence-corrected chi connectivity index (χ3v) is 2.86. The minimum Gasteiger partial charge on any atom is -0.493 e. The highest BCUT2D eigenvalue weighted by Crippen LogP contribution is 2.31. The van der Waals surface area contributed by atoms with E-state index >= 15 is 0 Å². The summed E-state index contributed by atoms with van der Waals surface area (Å²) in [4.78, 5) is 11.6. The minimum atomic E-state index is -0.354. The first-order chi connectivity index (χ1) is 7.63. The quantitative estimate of drug-likeness (QED) is 0.626. The number of rotatable bonds is 4. The Balaban J connectivity index is 3.15. The number of benzene rings is 1. The number of ether oxygens (including phenoxy) is 3. The normalized spacial score (nSPS) is 9.75. The van der Waals surface area contributed by atoms with E-state index in [0.29, 0.717) is 23.7 Å². The molecule has 0 unspecified atom stereocenters. The molecular formula is C11H13IO4. The summed E-state index contributed by atoms with van der Waals surface area (Å²) >= 11 is 2.06. The van der Waals surface area contributed by atoms with Gasteiger partial charge in [0.15, 0.2) is 11.5 Å². The molecule has 1 aromatic rings. The zero-order valence-corrected chi connectivity index (χ0v) is 11.5. The topological polar surface area (TPSA) is 44.8 Å². The lowest BCUT2D eigenvalue weighted by Crippen LogP contribution is -2.07. The summed E-state index contributed by atoms with van der Waals surface area (Å²) in [7, 11) is 3.08. The van der Waals surface area contributed by atoms with Gasteiger partial charge in [-0.25, -0.2) is 4.79 Å². The molecule has 0 aliphatic carbocycles.